The Morgan fingerprint density at radius 3 is 2.50 bits per heavy atom. The van der Waals surface area contributed by atoms with Gasteiger partial charge in [0.15, 0.2) is 0 Å². The van der Waals surface area contributed by atoms with Gasteiger partial charge in [0, 0.05) is 10.9 Å². The molecule has 0 heterocycles. The lowest BCUT2D eigenvalue weighted by atomic mass is 10.1. The summed E-state index contributed by atoms with van der Waals surface area (Å²) in [6.45, 7) is 3.62. The van der Waals surface area contributed by atoms with Crippen LogP contribution in [0.1, 0.15) is 30.6 Å². The minimum atomic E-state index is -1.20. The molecule has 0 aliphatic heterocycles. The third-order valence-corrected chi connectivity index (χ3v) is 3.11. The van der Waals surface area contributed by atoms with Crippen LogP contribution in [0.2, 0.25) is 10.0 Å². The number of hydrogen-bond donors (Lipinski definition) is 2. The molecule has 1 unspecified atom stereocenters. The van der Waals surface area contributed by atoms with Crippen molar-refractivity contribution in [3.05, 3.63) is 27.7 Å². The van der Waals surface area contributed by atoms with E-state index in [1.807, 2.05) is 6.92 Å². The summed E-state index contributed by atoms with van der Waals surface area (Å²) in [6.07, 6.45) is 0.652. The third-order valence-electron chi connectivity index (χ3n) is 2.59. The molecule has 1 rings (SSSR count). The highest BCUT2D eigenvalue weighted by molar-refractivity contribution is 6.37. The van der Waals surface area contributed by atoms with Gasteiger partial charge in [0.1, 0.15) is 0 Å². The first-order chi connectivity index (χ1) is 8.36. The molecule has 0 aromatic heterocycles. The summed E-state index contributed by atoms with van der Waals surface area (Å²) < 4.78 is 0. The number of nitrogens with one attached hydrogen (secondary N) is 1. The molecule has 0 saturated carbocycles. The Hall–Kier alpha value is -1.26. The van der Waals surface area contributed by atoms with E-state index in [4.69, 9.17) is 28.3 Å². The molecule has 18 heavy (non-hydrogen) atoms. The van der Waals surface area contributed by atoms with Crippen molar-refractivity contribution in [2.45, 2.75) is 20.3 Å². The van der Waals surface area contributed by atoms with Gasteiger partial charge in [-0.3, -0.25) is 4.79 Å². The number of carboxylic acids is 1. The lowest BCUT2D eigenvalue weighted by Gasteiger charge is -2.13. The van der Waals surface area contributed by atoms with Crippen LogP contribution in [0, 0.1) is 5.92 Å². The van der Waals surface area contributed by atoms with Gasteiger partial charge >= 0.3 is 5.97 Å². The predicted molar refractivity (Wildman–Crippen MR) is 71.5 cm³/mol. The highest BCUT2D eigenvalue weighted by Gasteiger charge is 2.19. The highest BCUT2D eigenvalue weighted by Crippen LogP contribution is 2.30. The first-order valence-corrected chi connectivity index (χ1v) is 6.15. The maximum Gasteiger partial charge on any atom is 0.337 e. The summed E-state index contributed by atoms with van der Waals surface area (Å²) in [7, 11) is 0. The number of carbonyl (C=O) groups excluding carboxylic acids is 1. The van der Waals surface area contributed by atoms with E-state index >= 15 is 0 Å². The number of rotatable bonds is 4. The van der Waals surface area contributed by atoms with Gasteiger partial charge in [-0.05, 0) is 18.6 Å². The summed E-state index contributed by atoms with van der Waals surface area (Å²) in [5.74, 6) is -1.69. The van der Waals surface area contributed by atoms with Crippen molar-refractivity contribution in [2.24, 2.45) is 5.92 Å². The van der Waals surface area contributed by atoms with Crippen LogP contribution in [-0.2, 0) is 4.79 Å². The third kappa shape index (κ3) is 3.37. The summed E-state index contributed by atoms with van der Waals surface area (Å²) in [4.78, 5) is 22.8. The fraction of sp³-hybridized carbons (Fsp3) is 0.333. The van der Waals surface area contributed by atoms with Crippen molar-refractivity contribution >= 4 is 40.8 Å². The molecular weight excluding hydrogens is 277 g/mol. The molecule has 6 heteroatoms. The smallest absolute Gasteiger partial charge is 0.337 e. The number of carbonyl (C=O) groups is 2. The molecule has 0 radical (unpaired) electrons. The Balaban J connectivity index is 3.15. The second kappa shape index (κ2) is 6.07. The normalized spacial score (nSPS) is 12.0. The van der Waals surface area contributed by atoms with Crippen molar-refractivity contribution in [3.8, 4) is 0 Å². The molecule has 1 aromatic carbocycles. The predicted octanol–water partition coefficient (Wildman–Crippen LogP) is 3.68. The molecule has 98 valence electrons. The lowest BCUT2D eigenvalue weighted by molar-refractivity contribution is -0.119. The number of amides is 1. The fourth-order valence-corrected chi connectivity index (χ4v) is 1.84. The Kier molecular flexibility index (Phi) is 4.99. The van der Waals surface area contributed by atoms with Crippen LogP contribution < -0.4 is 5.32 Å². The number of aromatic carboxylic acids is 1. The Bertz CT molecular complexity index is 488. The molecule has 2 N–H and O–H groups in total. The molecule has 0 fully saturated rings. The molecule has 0 aliphatic carbocycles. The molecule has 1 amide bonds. The van der Waals surface area contributed by atoms with Gasteiger partial charge in [0.05, 0.1) is 16.3 Å². The van der Waals surface area contributed by atoms with Crippen molar-refractivity contribution in [1.29, 1.82) is 0 Å². The SMILES string of the molecule is CCC(C)C(=O)Nc1c(Cl)cc(Cl)cc1C(=O)O. The topological polar surface area (TPSA) is 66.4 Å². The zero-order chi connectivity index (χ0) is 13.9. The second-order valence-corrected chi connectivity index (χ2v) is 4.76. The number of hydrogen-bond acceptors (Lipinski definition) is 2. The van der Waals surface area contributed by atoms with E-state index in [2.05, 4.69) is 5.32 Å². The number of carboxylic acid groups (broad SMARTS) is 1. The molecule has 0 aliphatic rings. The van der Waals surface area contributed by atoms with Crippen molar-refractivity contribution < 1.29 is 14.7 Å². The highest BCUT2D eigenvalue weighted by atomic mass is 35.5. The molecule has 4 nitrogen and oxygen atoms in total. The van der Waals surface area contributed by atoms with Gasteiger partial charge in [-0.25, -0.2) is 4.79 Å². The average Bonchev–Trinajstić information content (AvgIpc) is 2.30. The Morgan fingerprint density at radius 2 is 2.00 bits per heavy atom. The number of anilines is 1. The zero-order valence-electron chi connectivity index (χ0n) is 9.96. The van der Waals surface area contributed by atoms with Crippen molar-refractivity contribution in [1.82, 2.24) is 0 Å². The summed E-state index contributed by atoms with van der Waals surface area (Å²) in [5.41, 5.74) is -0.0389. The van der Waals surface area contributed by atoms with Crippen LogP contribution in [-0.4, -0.2) is 17.0 Å². The van der Waals surface area contributed by atoms with Crippen molar-refractivity contribution in [3.63, 3.8) is 0 Å². The van der Waals surface area contributed by atoms with E-state index in [9.17, 15) is 9.59 Å². The number of benzene rings is 1. The molecule has 1 atom stereocenters. The molecule has 1 aromatic rings. The lowest BCUT2D eigenvalue weighted by Crippen LogP contribution is -2.21. The van der Waals surface area contributed by atoms with Gasteiger partial charge in [-0.1, -0.05) is 37.0 Å². The number of halogens is 2. The first kappa shape index (κ1) is 14.8. The largest absolute Gasteiger partial charge is 0.478 e. The van der Waals surface area contributed by atoms with Gasteiger partial charge in [0.2, 0.25) is 5.91 Å². The van der Waals surface area contributed by atoms with Crippen LogP contribution in [0.5, 0.6) is 0 Å². The molecular formula is C12H13Cl2NO3. The van der Waals surface area contributed by atoms with Crippen LogP contribution in [0.25, 0.3) is 0 Å². The Labute approximate surface area is 115 Å². The van der Waals surface area contributed by atoms with E-state index < -0.39 is 5.97 Å². The molecule has 0 spiro atoms. The maximum absolute atomic E-state index is 11.8. The standard InChI is InChI=1S/C12H13Cl2NO3/c1-3-6(2)11(16)15-10-8(12(17)18)4-7(13)5-9(10)14/h4-6H,3H2,1-2H3,(H,15,16)(H,17,18). The van der Waals surface area contributed by atoms with Gasteiger partial charge < -0.3 is 10.4 Å². The zero-order valence-corrected chi connectivity index (χ0v) is 11.5. The summed E-state index contributed by atoms with van der Waals surface area (Å²) in [5, 5.41) is 11.9. The van der Waals surface area contributed by atoms with E-state index in [0.29, 0.717) is 6.42 Å². The van der Waals surface area contributed by atoms with Crippen LogP contribution in [0.3, 0.4) is 0 Å². The van der Waals surface area contributed by atoms with Gasteiger partial charge in [-0.15, -0.1) is 0 Å². The average molecular weight is 290 g/mol. The minimum Gasteiger partial charge on any atom is -0.478 e. The van der Waals surface area contributed by atoms with Gasteiger partial charge in [-0.2, -0.15) is 0 Å². The quantitative estimate of drug-likeness (QED) is 0.889. The van der Waals surface area contributed by atoms with Gasteiger partial charge in [0.25, 0.3) is 0 Å². The molecule has 0 bridgehead atoms. The first-order valence-electron chi connectivity index (χ1n) is 5.40. The molecule has 0 saturated heterocycles. The van der Waals surface area contributed by atoms with E-state index in [0.717, 1.165) is 0 Å². The van der Waals surface area contributed by atoms with E-state index in [1.54, 1.807) is 6.92 Å². The Morgan fingerprint density at radius 1 is 1.39 bits per heavy atom. The monoisotopic (exact) mass is 289 g/mol. The van der Waals surface area contributed by atoms with Crippen LogP contribution in [0.4, 0.5) is 5.69 Å². The van der Waals surface area contributed by atoms with E-state index in [1.165, 1.54) is 12.1 Å². The minimum absolute atomic E-state index is 0.0823. The fourth-order valence-electron chi connectivity index (χ4n) is 1.30. The summed E-state index contributed by atoms with van der Waals surface area (Å²) in [6, 6.07) is 2.64. The van der Waals surface area contributed by atoms with E-state index in [-0.39, 0.29) is 33.1 Å². The van der Waals surface area contributed by atoms with Crippen LogP contribution in [0.15, 0.2) is 12.1 Å². The van der Waals surface area contributed by atoms with Crippen LogP contribution >= 0.6 is 23.2 Å². The van der Waals surface area contributed by atoms with Crippen molar-refractivity contribution in [2.75, 3.05) is 5.32 Å². The second-order valence-electron chi connectivity index (χ2n) is 3.91. The summed E-state index contributed by atoms with van der Waals surface area (Å²) >= 11 is 11.6. The maximum atomic E-state index is 11.8.